The first-order valence-corrected chi connectivity index (χ1v) is 9.61. The first-order chi connectivity index (χ1) is 12.9. The van der Waals surface area contributed by atoms with Crippen molar-refractivity contribution in [2.45, 2.75) is 39.2 Å². The van der Waals surface area contributed by atoms with E-state index in [9.17, 15) is 9.59 Å². The number of hydrogen-bond acceptors (Lipinski definition) is 4. The number of ether oxygens (including phenoxy) is 2. The van der Waals surface area contributed by atoms with E-state index >= 15 is 0 Å². The van der Waals surface area contributed by atoms with Crippen molar-refractivity contribution >= 4 is 23.4 Å². The van der Waals surface area contributed by atoms with Gasteiger partial charge in [-0.2, -0.15) is 0 Å². The Morgan fingerprint density at radius 1 is 1.26 bits per heavy atom. The van der Waals surface area contributed by atoms with Gasteiger partial charge in [-0.25, -0.2) is 0 Å². The van der Waals surface area contributed by atoms with E-state index in [0.717, 1.165) is 35.5 Å². The lowest BCUT2D eigenvalue weighted by molar-refractivity contribution is -0.148. The molecule has 0 N–H and O–H groups in total. The molecular weight excluding hydrogens is 366 g/mol. The fourth-order valence-electron chi connectivity index (χ4n) is 3.80. The van der Waals surface area contributed by atoms with E-state index in [-0.39, 0.29) is 19.0 Å². The van der Waals surface area contributed by atoms with Crippen molar-refractivity contribution in [1.29, 1.82) is 0 Å². The molecule has 1 aromatic carbocycles. The van der Waals surface area contributed by atoms with Crippen LogP contribution in [0, 0.1) is 19.8 Å². The van der Waals surface area contributed by atoms with Crippen molar-refractivity contribution < 1.29 is 19.1 Å². The van der Waals surface area contributed by atoms with Crippen molar-refractivity contribution in [3.8, 4) is 5.75 Å². The van der Waals surface area contributed by atoms with Gasteiger partial charge in [0.2, 0.25) is 5.78 Å². The van der Waals surface area contributed by atoms with Crippen LogP contribution in [0.4, 0.5) is 0 Å². The molecule has 1 fully saturated rings. The van der Waals surface area contributed by atoms with Crippen molar-refractivity contribution in [3.63, 3.8) is 0 Å². The number of carbonyl (C=O) groups is 2. The lowest BCUT2D eigenvalue weighted by atomic mass is 9.97. The summed E-state index contributed by atoms with van der Waals surface area (Å²) in [5.74, 6) is -0.261. The molecule has 0 amide bonds. The summed E-state index contributed by atoms with van der Waals surface area (Å²) in [5.41, 5.74) is 3.57. The number of carbonyl (C=O) groups excluding carboxylic acids is 2. The second-order valence-corrected chi connectivity index (χ2v) is 7.82. The Morgan fingerprint density at radius 2 is 2.04 bits per heavy atom. The van der Waals surface area contributed by atoms with Crippen LogP contribution in [0.15, 0.2) is 24.3 Å². The summed E-state index contributed by atoms with van der Waals surface area (Å²) in [5, 5.41) is 0.604. The van der Waals surface area contributed by atoms with Crippen LogP contribution in [0.2, 0.25) is 5.02 Å². The monoisotopic (exact) mass is 387 g/mol. The minimum absolute atomic E-state index is 0.163. The minimum atomic E-state index is -0.428. The maximum Gasteiger partial charge on any atom is 0.313 e. The van der Waals surface area contributed by atoms with E-state index in [0.29, 0.717) is 23.0 Å². The maximum absolute atomic E-state index is 12.6. The van der Waals surface area contributed by atoms with Crippen LogP contribution in [0.5, 0.6) is 5.75 Å². The molecular formula is C21H22ClNO4. The summed E-state index contributed by atoms with van der Waals surface area (Å²) in [7, 11) is 0. The molecule has 0 radical (unpaired) electrons. The normalized spacial score (nSPS) is 18.6. The highest BCUT2D eigenvalue weighted by molar-refractivity contribution is 6.30. The Bertz CT molecular complexity index is 913. The highest BCUT2D eigenvalue weighted by atomic mass is 35.5. The van der Waals surface area contributed by atoms with E-state index in [2.05, 4.69) is 4.57 Å². The number of benzene rings is 1. The summed E-state index contributed by atoms with van der Waals surface area (Å²) in [6, 6.07) is 7.77. The molecule has 0 unspecified atom stereocenters. The van der Waals surface area contributed by atoms with Gasteiger partial charge in [0.15, 0.2) is 6.61 Å². The standard InChI is InChI=1S/C21H22ClNO4/c1-12-7-18(13(2)23(12)17-4-5-17)19(24)11-27-21(25)15-8-14-9-16(22)3-6-20(14)26-10-15/h3,6-7,9,15,17H,4-5,8,10-11H2,1-2H3/t15-/m0/s1. The third kappa shape index (κ3) is 3.61. The lowest BCUT2D eigenvalue weighted by Crippen LogP contribution is -2.31. The molecule has 2 aromatic rings. The van der Waals surface area contributed by atoms with Crippen molar-refractivity contribution in [2.24, 2.45) is 5.92 Å². The number of aryl methyl sites for hydroxylation is 1. The van der Waals surface area contributed by atoms with Crippen molar-refractivity contribution in [1.82, 2.24) is 4.57 Å². The van der Waals surface area contributed by atoms with Crippen molar-refractivity contribution in [2.75, 3.05) is 13.2 Å². The molecule has 142 valence electrons. The Kier molecular flexibility index (Phi) is 4.72. The third-order valence-electron chi connectivity index (χ3n) is 5.30. The molecule has 0 spiro atoms. The smallest absolute Gasteiger partial charge is 0.313 e. The molecule has 5 nitrogen and oxygen atoms in total. The number of nitrogens with zero attached hydrogens (tertiary/aromatic N) is 1. The second kappa shape index (κ2) is 7.04. The van der Waals surface area contributed by atoms with Crippen LogP contribution >= 0.6 is 11.6 Å². The molecule has 2 heterocycles. The van der Waals surface area contributed by atoms with Crippen molar-refractivity contribution in [3.05, 3.63) is 51.8 Å². The van der Waals surface area contributed by atoms with Crippen LogP contribution in [0.1, 0.15) is 46.2 Å². The molecule has 2 aliphatic rings. The summed E-state index contributed by atoms with van der Waals surface area (Å²) in [6.07, 6.45) is 2.82. The summed E-state index contributed by atoms with van der Waals surface area (Å²) < 4.78 is 13.2. The number of aromatic nitrogens is 1. The van der Waals surface area contributed by atoms with Gasteiger partial charge in [0.05, 0.1) is 5.92 Å². The molecule has 1 aromatic heterocycles. The first-order valence-electron chi connectivity index (χ1n) is 9.23. The number of rotatable bonds is 5. The Labute approximate surface area is 163 Å². The Hall–Kier alpha value is -2.27. The molecule has 27 heavy (non-hydrogen) atoms. The number of halogens is 1. The molecule has 0 bridgehead atoms. The van der Waals surface area contributed by atoms with Gasteiger partial charge < -0.3 is 14.0 Å². The average Bonchev–Trinajstić information content (AvgIpc) is 3.43. The van der Waals surface area contributed by atoms with Gasteiger partial charge in [0, 0.05) is 28.0 Å². The highest BCUT2D eigenvalue weighted by Crippen LogP contribution is 2.38. The fourth-order valence-corrected chi connectivity index (χ4v) is 4.00. The van der Waals surface area contributed by atoms with E-state index in [4.69, 9.17) is 21.1 Å². The first kappa shape index (κ1) is 18.1. The Morgan fingerprint density at radius 3 is 2.78 bits per heavy atom. The predicted molar refractivity (Wildman–Crippen MR) is 102 cm³/mol. The third-order valence-corrected chi connectivity index (χ3v) is 5.54. The van der Waals surface area contributed by atoms with Crippen LogP contribution < -0.4 is 4.74 Å². The SMILES string of the molecule is Cc1cc(C(=O)COC(=O)[C@@H]2COc3ccc(Cl)cc3C2)c(C)n1C1CC1. The molecule has 1 aliphatic carbocycles. The van der Waals surface area contributed by atoms with Crippen LogP contribution in [0.3, 0.4) is 0 Å². The number of Topliss-reactive ketones (excluding diaryl/α,β-unsaturated/α-hetero) is 1. The summed E-state index contributed by atoms with van der Waals surface area (Å²) in [4.78, 5) is 25.0. The van der Waals surface area contributed by atoms with Crippen LogP contribution in [0.25, 0.3) is 0 Å². The van der Waals surface area contributed by atoms with Gasteiger partial charge in [-0.3, -0.25) is 9.59 Å². The van der Waals surface area contributed by atoms with Gasteiger partial charge in [0.1, 0.15) is 12.4 Å². The van der Waals surface area contributed by atoms with E-state index in [1.54, 1.807) is 18.2 Å². The topological polar surface area (TPSA) is 57.5 Å². The molecule has 0 saturated heterocycles. The van der Waals surface area contributed by atoms with E-state index in [1.165, 1.54) is 0 Å². The van der Waals surface area contributed by atoms with E-state index < -0.39 is 11.9 Å². The van der Waals surface area contributed by atoms with Gasteiger partial charge in [-0.15, -0.1) is 0 Å². The maximum atomic E-state index is 12.6. The number of ketones is 1. The van der Waals surface area contributed by atoms with Gasteiger partial charge in [-0.05, 0) is 62.9 Å². The molecule has 6 heteroatoms. The predicted octanol–water partition coefficient (Wildman–Crippen LogP) is 4.07. The zero-order valence-electron chi connectivity index (χ0n) is 15.5. The highest BCUT2D eigenvalue weighted by Gasteiger charge is 2.30. The lowest BCUT2D eigenvalue weighted by Gasteiger charge is -2.24. The second-order valence-electron chi connectivity index (χ2n) is 7.38. The number of hydrogen-bond donors (Lipinski definition) is 0. The summed E-state index contributed by atoms with van der Waals surface area (Å²) >= 11 is 6.01. The quantitative estimate of drug-likeness (QED) is 0.573. The van der Waals surface area contributed by atoms with Crippen LogP contribution in [-0.2, 0) is 16.0 Å². The van der Waals surface area contributed by atoms with E-state index in [1.807, 2.05) is 19.9 Å². The molecule has 1 aliphatic heterocycles. The van der Waals surface area contributed by atoms with Crippen LogP contribution in [-0.4, -0.2) is 29.5 Å². The zero-order chi connectivity index (χ0) is 19.1. The molecule has 1 atom stereocenters. The number of esters is 1. The largest absolute Gasteiger partial charge is 0.492 e. The average molecular weight is 388 g/mol. The van der Waals surface area contributed by atoms with Gasteiger partial charge >= 0.3 is 5.97 Å². The Balaban J connectivity index is 1.38. The van der Waals surface area contributed by atoms with Gasteiger partial charge in [0.25, 0.3) is 0 Å². The van der Waals surface area contributed by atoms with Gasteiger partial charge in [-0.1, -0.05) is 11.6 Å². The zero-order valence-corrected chi connectivity index (χ0v) is 16.2. The minimum Gasteiger partial charge on any atom is -0.492 e. The molecule has 1 saturated carbocycles. The summed E-state index contributed by atoms with van der Waals surface area (Å²) in [6.45, 7) is 3.97. The number of fused-ring (bicyclic) bond motifs is 1. The molecule has 4 rings (SSSR count). The fraction of sp³-hybridized carbons (Fsp3) is 0.429.